The topological polar surface area (TPSA) is 90.7 Å². The molecule has 8 heteroatoms. The van der Waals surface area contributed by atoms with Crippen LogP contribution in [0.2, 0.25) is 0 Å². The van der Waals surface area contributed by atoms with Crippen molar-refractivity contribution in [1.82, 2.24) is 20.8 Å². The van der Waals surface area contributed by atoms with E-state index in [2.05, 4.69) is 10.7 Å². The van der Waals surface area contributed by atoms with E-state index in [9.17, 15) is 9.59 Å². The van der Waals surface area contributed by atoms with Gasteiger partial charge in [0.1, 0.15) is 0 Å². The molecule has 1 saturated heterocycles. The lowest BCUT2D eigenvalue weighted by atomic mass is 10.3. The zero-order valence-electron chi connectivity index (χ0n) is 9.40. The maximum absolute atomic E-state index is 11.6. The van der Waals surface area contributed by atoms with Crippen molar-refractivity contribution in [1.29, 1.82) is 0 Å². The fraction of sp³-hybridized carbons (Fsp3) is 0.750. The van der Waals surface area contributed by atoms with Crippen LogP contribution in [0.15, 0.2) is 0 Å². The lowest BCUT2D eigenvalue weighted by Crippen LogP contribution is -2.47. The molecule has 1 heterocycles. The summed E-state index contributed by atoms with van der Waals surface area (Å²) in [5.74, 6) is 5.49. The van der Waals surface area contributed by atoms with Crippen molar-refractivity contribution in [3.63, 3.8) is 0 Å². The van der Waals surface area contributed by atoms with Crippen molar-refractivity contribution in [3.05, 3.63) is 0 Å². The zero-order valence-corrected chi connectivity index (χ0v) is 10.2. The molecule has 4 N–H and O–H groups in total. The Labute approximate surface area is 98.6 Å². The highest BCUT2D eigenvalue weighted by molar-refractivity contribution is 7.99. The zero-order chi connectivity index (χ0) is 12.1. The van der Waals surface area contributed by atoms with E-state index in [1.54, 1.807) is 6.26 Å². The van der Waals surface area contributed by atoms with E-state index in [0.29, 0.717) is 6.54 Å². The van der Waals surface area contributed by atoms with Gasteiger partial charge in [0, 0.05) is 6.54 Å². The molecule has 4 amide bonds. The van der Waals surface area contributed by atoms with Crippen LogP contribution in [0.25, 0.3) is 0 Å². The Morgan fingerprint density at radius 2 is 2.38 bits per heavy atom. The van der Waals surface area contributed by atoms with Gasteiger partial charge in [0.05, 0.1) is 0 Å². The molecule has 0 spiro atoms. The Bertz CT molecular complexity index is 275. The minimum atomic E-state index is -0.548. The first-order valence-corrected chi connectivity index (χ1v) is 6.35. The summed E-state index contributed by atoms with van der Waals surface area (Å²) in [5, 5.41) is 4.52. The smallest absolute Gasteiger partial charge is 0.336 e. The second-order valence-electron chi connectivity index (χ2n) is 3.33. The summed E-state index contributed by atoms with van der Waals surface area (Å²) in [6, 6.07) is -1.02. The first-order chi connectivity index (χ1) is 7.61. The third-order valence-electron chi connectivity index (χ3n) is 2.14. The number of nitrogens with one attached hydrogen (secondary N) is 2. The summed E-state index contributed by atoms with van der Waals surface area (Å²) in [6.45, 7) is 2.58. The van der Waals surface area contributed by atoms with Crippen LogP contribution in [0.1, 0.15) is 19.8 Å². The number of rotatable bonds is 4. The number of carbonyl (C=O) groups is 2. The molecule has 16 heavy (non-hydrogen) atoms. The molecule has 0 aromatic heterocycles. The molecule has 1 rings (SSSR count). The molecule has 1 unspecified atom stereocenters. The fourth-order valence-corrected chi connectivity index (χ4v) is 1.73. The van der Waals surface area contributed by atoms with Gasteiger partial charge in [0.25, 0.3) is 0 Å². The van der Waals surface area contributed by atoms with E-state index in [0.717, 1.165) is 22.9 Å². The van der Waals surface area contributed by atoms with Gasteiger partial charge in [-0.15, -0.1) is 11.8 Å². The average Bonchev–Trinajstić information content (AvgIpc) is 2.56. The molecular weight excluding hydrogens is 230 g/mol. The summed E-state index contributed by atoms with van der Waals surface area (Å²) in [6.07, 6.45) is 3.66. The predicted octanol–water partition coefficient (Wildman–Crippen LogP) is 0.259. The van der Waals surface area contributed by atoms with E-state index in [1.807, 2.05) is 6.92 Å². The largest absolute Gasteiger partial charge is 0.359 e. The highest BCUT2D eigenvalue weighted by Gasteiger charge is 2.38. The molecular formula is C8H17N5O2S. The summed E-state index contributed by atoms with van der Waals surface area (Å²) in [5.41, 5.74) is 2.30. The number of hydrazine groups is 2. The van der Waals surface area contributed by atoms with Crippen LogP contribution >= 0.6 is 11.8 Å². The Kier molecular flexibility index (Phi) is 4.84. The second-order valence-corrected chi connectivity index (χ2v) is 4.25. The molecule has 92 valence electrons. The lowest BCUT2D eigenvalue weighted by molar-refractivity contribution is 0.177. The van der Waals surface area contributed by atoms with Crippen LogP contribution in [0.4, 0.5) is 9.59 Å². The second kappa shape index (κ2) is 5.92. The Hall–Kier alpha value is -0.990. The highest BCUT2D eigenvalue weighted by atomic mass is 32.2. The summed E-state index contributed by atoms with van der Waals surface area (Å²) in [4.78, 5) is 23.1. The number of nitrogens with two attached hydrogens (primary N) is 1. The SMILES string of the molecule is CCCCNC(=O)N1NC(SC)N(N)C1=O. The predicted molar refractivity (Wildman–Crippen MR) is 62.0 cm³/mol. The molecule has 1 atom stereocenters. The molecule has 1 fully saturated rings. The first kappa shape index (κ1) is 13.1. The van der Waals surface area contributed by atoms with Gasteiger partial charge in [-0.1, -0.05) is 13.3 Å². The molecule has 1 aliphatic heterocycles. The Morgan fingerprint density at radius 3 is 2.88 bits per heavy atom. The number of thioether (sulfide) groups is 1. The van der Waals surface area contributed by atoms with Gasteiger partial charge < -0.3 is 5.32 Å². The number of carbonyl (C=O) groups excluding carboxylic acids is 2. The first-order valence-electron chi connectivity index (χ1n) is 5.06. The van der Waals surface area contributed by atoms with Crippen LogP contribution in [-0.4, -0.2) is 40.4 Å². The van der Waals surface area contributed by atoms with Crippen LogP contribution in [0.3, 0.4) is 0 Å². The van der Waals surface area contributed by atoms with Crippen molar-refractivity contribution in [2.24, 2.45) is 5.84 Å². The lowest BCUT2D eigenvalue weighted by Gasteiger charge is -2.13. The standard InChI is InChI=1S/C8H17N5O2S/c1-3-4-5-10-6(14)13-8(15)12(9)7(11-13)16-2/h7,11H,3-5,9H2,1-2H3,(H,10,14). The number of urea groups is 2. The molecule has 0 bridgehead atoms. The van der Waals surface area contributed by atoms with E-state index >= 15 is 0 Å². The normalized spacial score (nSPS) is 20.4. The van der Waals surface area contributed by atoms with Crippen molar-refractivity contribution in [2.75, 3.05) is 12.8 Å². The molecule has 0 aromatic rings. The maximum atomic E-state index is 11.6. The molecule has 1 aliphatic rings. The monoisotopic (exact) mass is 247 g/mol. The van der Waals surface area contributed by atoms with E-state index < -0.39 is 17.6 Å². The van der Waals surface area contributed by atoms with E-state index in [1.165, 1.54) is 11.8 Å². The molecule has 0 radical (unpaired) electrons. The van der Waals surface area contributed by atoms with Gasteiger partial charge in [0.2, 0.25) is 0 Å². The number of unbranched alkanes of at least 4 members (excludes halogenated alkanes) is 1. The van der Waals surface area contributed by atoms with Crippen molar-refractivity contribution < 1.29 is 9.59 Å². The minimum absolute atomic E-state index is 0.399. The molecule has 7 nitrogen and oxygen atoms in total. The van der Waals surface area contributed by atoms with Gasteiger partial charge in [-0.3, -0.25) is 0 Å². The van der Waals surface area contributed by atoms with Gasteiger partial charge >= 0.3 is 12.1 Å². The fourth-order valence-electron chi connectivity index (χ4n) is 1.21. The van der Waals surface area contributed by atoms with Crippen LogP contribution in [0.5, 0.6) is 0 Å². The van der Waals surface area contributed by atoms with Crippen molar-refractivity contribution in [3.8, 4) is 0 Å². The summed E-state index contributed by atoms with van der Waals surface area (Å²) >= 11 is 1.34. The van der Waals surface area contributed by atoms with Crippen LogP contribution in [0, 0.1) is 0 Å². The number of nitrogens with zero attached hydrogens (tertiary/aromatic N) is 2. The number of hydrogen-bond acceptors (Lipinski definition) is 5. The number of amides is 4. The Balaban J connectivity index is 2.48. The molecule has 0 aliphatic carbocycles. The highest BCUT2D eigenvalue weighted by Crippen LogP contribution is 2.14. The summed E-state index contributed by atoms with van der Waals surface area (Å²) in [7, 11) is 0. The van der Waals surface area contributed by atoms with Crippen LogP contribution in [-0.2, 0) is 0 Å². The van der Waals surface area contributed by atoms with Gasteiger partial charge in [-0.25, -0.2) is 20.4 Å². The minimum Gasteiger partial charge on any atom is -0.336 e. The maximum Gasteiger partial charge on any atom is 0.359 e. The van der Waals surface area contributed by atoms with Gasteiger partial charge in [-0.05, 0) is 12.7 Å². The molecule has 0 aromatic carbocycles. The summed E-state index contributed by atoms with van der Waals surface area (Å²) < 4.78 is 0. The van der Waals surface area contributed by atoms with E-state index in [-0.39, 0.29) is 0 Å². The molecule has 0 saturated carbocycles. The number of imide groups is 1. The van der Waals surface area contributed by atoms with Gasteiger partial charge in [0.15, 0.2) is 5.50 Å². The number of hydrogen-bond donors (Lipinski definition) is 3. The Morgan fingerprint density at radius 1 is 1.69 bits per heavy atom. The third kappa shape index (κ3) is 2.77. The van der Waals surface area contributed by atoms with Gasteiger partial charge in [-0.2, -0.15) is 10.4 Å². The van der Waals surface area contributed by atoms with Crippen LogP contribution < -0.4 is 16.6 Å². The quantitative estimate of drug-likeness (QED) is 0.376. The average molecular weight is 247 g/mol. The third-order valence-corrected chi connectivity index (χ3v) is 2.92. The van der Waals surface area contributed by atoms with E-state index in [4.69, 9.17) is 5.84 Å². The van der Waals surface area contributed by atoms with Crippen molar-refractivity contribution >= 4 is 23.8 Å². The van der Waals surface area contributed by atoms with Crippen molar-refractivity contribution in [2.45, 2.75) is 25.3 Å².